The number of halogens is 1. The van der Waals surface area contributed by atoms with Crippen LogP contribution in [0.25, 0.3) is 0 Å². The molecule has 142 valence electrons. The van der Waals surface area contributed by atoms with Crippen LogP contribution in [0, 0.1) is 11.3 Å². The van der Waals surface area contributed by atoms with Gasteiger partial charge >= 0.3 is 0 Å². The number of ether oxygens (including phenoxy) is 1. The standard InChI is InChI=1S/C18H35N3O2.HI/c1-18(10-5-4-6-16(18)22)14-20-17(19-2)21(3)11-7-15-8-12-23-13-9-15;/h15-16,22H,4-14H2,1-3H3,(H,19,20);1H. The van der Waals surface area contributed by atoms with Gasteiger partial charge in [-0.3, -0.25) is 4.99 Å². The fraction of sp³-hybridized carbons (Fsp3) is 0.944. The molecule has 2 fully saturated rings. The minimum atomic E-state index is -0.200. The van der Waals surface area contributed by atoms with Gasteiger partial charge in [0.05, 0.1) is 6.10 Å². The van der Waals surface area contributed by atoms with Crippen LogP contribution in [0.1, 0.15) is 51.9 Å². The Balaban J connectivity index is 0.00000288. The molecule has 0 radical (unpaired) electrons. The molecule has 1 saturated heterocycles. The summed E-state index contributed by atoms with van der Waals surface area (Å²) in [6.07, 6.45) is 7.74. The first-order chi connectivity index (χ1) is 11.0. The largest absolute Gasteiger partial charge is 0.392 e. The Morgan fingerprint density at radius 2 is 2.00 bits per heavy atom. The van der Waals surface area contributed by atoms with E-state index in [1.165, 1.54) is 25.7 Å². The number of aliphatic hydroxyl groups is 1. The summed E-state index contributed by atoms with van der Waals surface area (Å²) in [4.78, 5) is 6.63. The first-order valence-electron chi connectivity index (χ1n) is 9.23. The summed E-state index contributed by atoms with van der Waals surface area (Å²) < 4.78 is 5.43. The van der Waals surface area contributed by atoms with Crippen LogP contribution < -0.4 is 5.32 Å². The van der Waals surface area contributed by atoms with Gasteiger partial charge < -0.3 is 20.1 Å². The molecule has 0 aromatic heterocycles. The zero-order chi connectivity index (χ0) is 16.7. The fourth-order valence-electron chi connectivity index (χ4n) is 3.77. The molecule has 2 rings (SSSR count). The highest BCUT2D eigenvalue weighted by Crippen LogP contribution is 2.35. The number of nitrogens with one attached hydrogen (secondary N) is 1. The highest BCUT2D eigenvalue weighted by atomic mass is 127. The molecule has 5 nitrogen and oxygen atoms in total. The van der Waals surface area contributed by atoms with E-state index in [1.54, 1.807) is 0 Å². The molecule has 2 unspecified atom stereocenters. The van der Waals surface area contributed by atoms with E-state index >= 15 is 0 Å². The van der Waals surface area contributed by atoms with Crippen molar-refractivity contribution >= 4 is 29.9 Å². The summed E-state index contributed by atoms with van der Waals surface area (Å²) >= 11 is 0. The van der Waals surface area contributed by atoms with Gasteiger partial charge in [0, 0.05) is 45.8 Å². The van der Waals surface area contributed by atoms with E-state index in [1.807, 2.05) is 7.05 Å². The second kappa shape index (κ2) is 10.8. The smallest absolute Gasteiger partial charge is 0.193 e. The van der Waals surface area contributed by atoms with E-state index in [4.69, 9.17) is 4.74 Å². The summed E-state index contributed by atoms with van der Waals surface area (Å²) in [5, 5.41) is 13.8. The van der Waals surface area contributed by atoms with Crippen molar-refractivity contribution in [3.05, 3.63) is 0 Å². The lowest BCUT2D eigenvalue weighted by atomic mass is 9.73. The van der Waals surface area contributed by atoms with Crippen molar-refractivity contribution in [2.45, 2.75) is 58.0 Å². The summed E-state index contributed by atoms with van der Waals surface area (Å²) in [5.74, 6) is 1.72. The predicted molar refractivity (Wildman–Crippen MR) is 110 cm³/mol. The molecule has 1 heterocycles. The molecule has 1 aliphatic heterocycles. The Morgan fingerprint density at radius 1 is 1.29 bits per heavy atom. The van der Waals surface area contributed by atoms with Crippen molar-refractivity contribution in [1.82, 2.24) is 10.2 Å². The molecule has 0 bridgehead atoms. The van der Waals surface area contributed by atoms with Crippen LogP contribution in [0.3, 0.4) is 0 Å². The van der Waals surface area contributed by atoms with E-state index in [9.17, 15) is 5.11 Å². The molecule has 1 saturated carbocycles. The Kier molecular flexibility index (Phi) is 9.89. The maximum Gasteiger partial charge on any atom is 0.193 e. The molecule has 0 aromatic rings. The second-order valence-corrected chi connectivity index (χ2v) is 7.58. The zero-order valence-corrected chi connectivity index (χ0v) is 17.9. The van der Waals surface area contributed by atoms with Gasteiger partial charge in [-0.15, -0.1) is 24.0 Å². The lowest BCUT2D eigenvalue weighted by molar-refractivity contribution is 0.00368. The number of guanidine groups is 1. The van der Waals surface area contributed by atoms with Crippen molar-refractivity contribution in [3.8, 4) is 0 Å². The summed E-state index contributed by atoms with van der Waals surface area (Å²) in [6.45, 7) is 5.83. The minimum Gasteiger partial charge on any atom is -0.392 e. The highest BCUT2D eigenvalue weighted by Gasteiger charge is 2.35. The summed E-state index contributed by atoms with van der Waals surface area (Å²) in [6, 6.07) is 0. The van der Waals surface area contributed by atoms with Gasteiger partial charge in [0.1, 0.15) is 0 Å². The van der Waals surface area contributed by atoms with Gasteiger partial charge in [-0.25, -0.2) is 0 Å². The number of nitrogens with zero attached hydrogens (tertiary/aromatic N) is 2. The second-order valence-electron chi connectivity index (χ2n) is 7.58. The summed E-state index contributed by atoms with van der Waals surface area (Å²) in [5.41, 5.74) is -0.0320. The lowest BCUT2D eigenvalue weighted by Gasteiger charge is -2.39. The van der Waals surface area contributed by atoms with Crippen LogP contribution in [-0.2, 0) is 4.74 Å². The predicted octanol–water partition coefficient (Wildman–Crippen LogP) is 2.87. The molecule has 2 N–H and O–H groups in total. The third-order valence-electron chi connectivity index (χ3n) is 5.72. The number of aliphatic hydroxyl groups excluding tert-OH is 1. The molecule has 1 aliphatic carbocycles. The molecular weight excluding hydrogens is 417 g/mol. The average Bonchev–Trinajstić information content (AvgIpc) is 2.57. The van der Waals surface area contributed by atoms with Gasteiger partial charge in [0.25, 0.3) is 0 Å². The van der Waals surface area contributed by atoms with Crippen LogP contribution in [-0.4, -0.2) is 62.5 Å². The maximum absolute atomic E-state index is 10.3. The van der Waals surface area contributed by atoms with Gasteiger partial charge in [-0.05, 0) is 38.0 Å². The van der Waals surface area contributed by atoms with Crippen LogP contribution in [0.4, 0.5) is 0 Å². The average molecular weight is 453 g/mol. The molecule has 6 heteroatoms. The van der Waals surface area contributed by atoms with E-state index in [0.717, 1.165) is 57.4 Å². The third kappa shape index (κ3) is 6.33. The van der Waals surface area contributed by atoms with Gasteiger partial charge in [0.15, 0.2) is 5.96 Å². The highest BCUT2D eigenvalue weighted by molar-refractivity contribution is 14.0. The minimum absolute atomic E-state index is 0. The normalized spacial score (nSPS) is 29.0. The SMILES string of the molecule is CN=C(NCC1(C)CCCCC1O)N(C)CCC1CCOCC1.I. The Hall–Kier alpha value is -0.0800. The first-order valence-corrected chi connectivity index (χ1v) is 9.23. The molecular formula is C18H36IN3O2. The first kappa shape index (κ1) is 22.0. The van der Waals surface area contributed by atoms with Crippen molar-refractivity contribution in [2.24, 2.45) is 16.3 Å². The molecule has 0 aromatic carbocycles. The van der Waals surface area contributed by atoms with Crippen LogP contribution in [0.5, 0.6) is 0 Å². The van der Waals surface area contributed by atoms with Crippen molar-refractivity contribution in [1.29, 1.82) is 0 Å². The fourth-order valence-corrected chi connectivity index (χ4v) is 3.77. The molecule has 2 atom stereocenters. The molecule has 0 amide bonds. The summed E-state index contributed by atoms with van der Waals surface area (Å²) in [7, 11) is 3.95. The van der Waals surface area contributed by atoms with E-state index in [2.05, 4.69) is 29.2 Å². The third-order valence-corrected chi connectivity index (χ3v) is 5.72. The molecule has 0 spiro atoms. The van der Waals surface area contributed by atoms with Crippen LogP contribution in [0.15, 0.2) is 4.99 Å². The van der Waals surface area contributed by atoms with Gasteiger partial charge in [0.2, 0.25) is 0 Å². The number of hydrogen-bond acceptors (Lipinski definition) is 3. The van der Waals surface area contributed by atoms with E-state index < -0.39 is 0 Å². The number of aliphatic imine (C=N–C) groups is 1. The van der Waals surface area contributed by atoms with Crippen LogP contribution in [0.2, 0.25) is 0 Å². The van der Waals surface area contributed by atoms with Gasteiger partial charge in [-0.1, -0.05) is 19.8 Å². The number of hydrogen-bond donors (Lipinski definition) is 2. The Morgan fingerprint density at radius 3 is 2.62 bits per heavy atom. The lowest BCUT2D eigenvalue weighted by Crippen LogP contribution is -2.49. The van der Waals surface area contributed by atoms with Crippen molar-refractivity contribution < 1.29 is 9.84 Å². The van der Waals surface area contributed by atoms with Gasteiger partial charge in [-0.2, -0.15) is 0 Å². The van der Waals surface area contributed by atoms with Crippen molar-refractivity contribution in [3.63, 3.8) is 0 Å². The van der Waals surface area contributed by atoms with E-state index in [0.29, 0.717) is 0 Å². The maximum atomic E-state index is 10.3. The van der Waals surface area contributed by atoms with E-state index in [-0.39, 0.29) is 35.5 Å². The van der Waals surface area contributed by atoms with Crippen molar-refractivity contribution in [2.75, 3.05) is 40.4 Å². The molecule has 2 aliphatic rings. The van der Waals surface area contributed by atoms with Crippen LogP contribution >= 0.6 is 24.0 Å². The Labute approximate surface area is 164 Å². The quantitative estimate of drug-likeness (QED) is 0.382. The zero-order valence-electron chi connectivity index (χ0n) is 15.6. The number of rotatable bonds is 5. The monoisotopic (exact) mass is 453 g/mol. The Bertz CT molecular complexity index is 388. The topological polar surface area (TPSA) is 57.1 Å². The molecule has 24 heavy (non-hydrogen) atoms.